The molecule has 1 aliphatic rings. The van der Waals surface area contributed by atoms with Crippen molar-refractivity contribution in [2.24, 2.45) is 0 Å². The van der Waals surface area contributed by atoms with E-state index in [0.29, 0.717) is 24.4 Å². The molecule has 0 bridgehead atoms. The number of nitrogens with zero attached hydrogens (tertiary/aromatic N) is 4. The standard InChI is InChI=1S/C27H29N5O2/c1-19(20-11-5-2-6-12-20)28-23(33)16-15-22-29-26(32-17-9-4-10-18-32)24-25(31-34-27(24)30-22)21-13-7-3-8-14-21/h2-3,5-8,11-14,19H,4,9-10,15-18H2,1H3,(H,28,33). The van der Waals surface area contributed by atoms with Gasteiger partial charge in [-0.2, -0.15) is 4.98 Å². The zero-order chi connectivity index (χ0) is 23.3. The Bertz CT molecular complexity index is 1250. The van der Waals surface area contributed by atoms with Gasteiger partial charge in [-0.25, -0.2) is 4.98 Å². The van der Waals surface area contributed by atoms with Gasteiger partial charge in [0.2, 0.25) is 5.91 Å². The number of hydrogen-bond donors (Lipinski definition) is 1. The third-order valence-electron chi connectivity index (χ3n) is 6.32. The number of amides is 1. The summed E-state index contributed by atoms with van der Waals surface area (Å²) in [6.45, 7) is 3.88. The molecule has 3 heterocycles. The van der Waals surface area contributed by atoms with Crippen LogP contribution in [-0.2, 0) is 11.2 Å². The van der Waals surface area contributed by atoms with E-state index in [0.717, 1.165) is 54.0 Å². The normalized spacial score (nSPS) is 14.8. The summed E-state index contributed by atoms with van der Waals surface area (Å²) in [5.41, 5.74) is 3.29. The lowest BCUT2D eigenvalue weighted by Gasteiger charge is -2.28. The minimum Gasteiger partial charge on any atom is -0.356 e. The van der Waals surface area contributed by atoms with Crippen molar-refractivity contribution in [3.63, 3.8) is 0 Å². The van der Waals surface area contributed by atoms with Crippen LogP contribution in [0.2, 0.25) is 0 Å². The molecule has 1 fully saturated rings. The number of hydrogen-bond acceptors (Lipinski definition) is 6. The molecule has 1 amide bonds. The summed E-state index contributed by atoms with van der Waals surface area (Å²) in [4.78, 5) is 24.5. The number of carbonyl (C=O) groups excluding carboxylic acids is 1. The number of rotatable bonds is 7. The third kappa shape index (κ3) is 4.78. The van der Waals surface area contributed by atoms with E-state index in [1.165, 1.54) is 6.42 Å². The van der Waals surface area contributed by atoms with Crippen LogP contribution in [-0.4, -0.2) is 34.1 Å². The maximum absolute atomic E-state index is 12.6. The largest absolute Gasteiger partial charge is 0.356 e. The van der Waals surface area contributed by atoms with Crippen molar-refractivity contribution in [3.05, 3.63) is 72.1 Å². The summed E-state index contributed by atoms with van der Waals surface area (Å²) >= 11 is 0. The predicted octanol–water partition coefficient (Wildman–Crippen LogP) is 5.09. The molecular formula is C27H29N5O2. The zero-order valence-electron chi connectivity index (χ0n) is 19.4. The van der Waals surface area contributed by atoms with Crippen molar-refractivity contribution in [1.82, 2.24) is 20.4 Å². The number of carbonyl (C=O) groups is 1. The SMILES string of the molecule is CC(NC(=O)CCc1nc(N2CCCCC2)c2c(-c3ccccc3)noc2n1)c1ccccc1. The van der Waals surface area contributed by atoms with Gasteiger partial charge in [-0.05, 0) is 31.7 Å². The molecule has 1 unspecified atom stereocenters. The molecule has 1 aliphatic heterocycles. The molecule has 1 saturated heterocycles. The molecule has 0 radical (unpaired) electrons. The van der Waals surface area contributed by atoms with E-state index in [2.05, 4.69) is 20.4 Å². The Kier molecular flexibility index (Phi) is 6.51. The monoisotopic (exact) mass is 455 g/mol. The second-order valence-electron chi connectivity index (χ2n) is 8.79. The summed E-state index contributed by atoms with van der Waals surface area (Å²) < 4.78 is 5.68. The first-order chi connectivity index (χ1) is 16.7. The first-order valence-electron chi connectivity index (χ1n) is 12.0. The number of benzene rings is 2. The van der Waals surface area contributed by atoms with Gasteiger partial charge in [0.1, 0.15) is 22.7 Å². The van der Waals surface area contributed by atoms with Gasteiger partial charge >= 0.3 is 0 Å². The van der Waals surface area contributed by atoms with Crippen molar-refractivity contribution in [2.45, 2.75) is 45.1 Å². The number of fused-ring (bicyclic) bond motifs is 1. The minimum absolute atomic E-state index is 0.0258. The number of piperidine rings is 1. The maximum Gasteiger partial charge on any atom is 0.263 e. The highest BCUT2D eigenvalue weighted by Crippen LogP contribution is 2.34. The molecule has 174 valence electrons. The summed E-state index contributed by atoms with van der Waals surface area (Å²) in [6.07, 6.45) is 4.24. The van der Waals surface area contributed by atoms with Gasteiger partial charge in [0.15, 0.2) is 0 Å². The molecule has 7 nitrogen and oxygen atoms in total. The first kappa shape index (κ1) is 22.1. The van der Waals surface area contributed by atoms with Crippen molar-refractivity contribution < 1.29 is 9.32 Å². The topological polar surface area (TPSA) is 84.2 Å². The molecule has 34 heavy (non-hydrogen) atoms. The lowest BCUT2D eigenvalue weighted by molar-refractivity contribution is -0.121. The summed E-state index contributed by atoms with van der Waals surface area (Å²) in [5.74, 6) is 1.44. The zero-order valence-corrected chi connectivity index (χ0v) is 19.4. The van der Waals surface area contributed by atoms with Crippen LogP contribution in [0.5, 0.6) is 0 Å². The molecule has 0 aliphatic carbocycles. The van der Waals surface area contributed by atoms with E-state index in [1.54, 1.807) is 0 Å². The van der Waals surface area contributed by atoms with Crippen LogP contribution in [0, 0.1) is 0 Å². The Balaban J connectivity index is 1.39. The number of nitrogens with one attached hydrogen (secondary N) is 1. The lowest BCUT2D eigenvalue weighted by atomic mass is 10.1. The van der Waals surface area contributed by atoms with Crippen LogP contribution in [0.1, 0.15) is 50.0 Å². The van der Waals surface area contributed by atoms with Crippen molar-refractivity contribution in [1.29, 1.82) is 0 Å². The maximum atomic E-state index is 12.6. The second-order valence-corrected chi connectivity index (χ2v) is 8.79. The minimum atomic E-state index is -0.0521. The second kappa shape index (κ2) is 10.0. The summed E-state index contributed by atoms with van der Waals surface area (Å²) in [6, 6.07) is 19.9. The fourth-order valence-electron chi connectivity index (χ4n) is 4.48. The molecule has 0 saturated carbocycles. The number of anilines is 1. The predicted molar refractivity (Wildman–Crippen MR) is 132 cm³/mol. The highest BCUT2D eigenvalue weighted by Gasteiger charge is 2.24. The Morgan fingerprint density at radius 2 is 1.71 bits per heavy atom. The average molecular weight is 456 g/mol. The van der Waals surface area contributed by atoms with Crippen molar-refractivity contribution >= 4 is 22.8 Å². The van der Waals surface area contributed by atoms with E-state index in [-0.39, 0.29) is 11.9 Å². The Morgan fingerprint density at radius 3 is 2.44 bits per heavy atom. The average Bonchev–Trinajstić information content (AvgIpc) is 3.32. The molecular weight excluding hydrogens is 426 g/mol. The third-order valence-corrected chi connectivity index (χ3v) is 6.32. The van der Waals surface area contributed by atoms with E-state index < -0.39 is 0 Å². The van der Waals surface area contributed by atoms with E-state index >= 15 is 0 Å². The molecule has 4 aromatic rings. The quantitative estimate of drug-likeness (QED) is 0.418. The van der Waals surface area contributed by atoms with Crippen LogP contribution in [0.25, 0.3) is 22.4 Å². The summed E-state index contributed by atoms with van der Waals surface area (Å²) in [5, 5.41) is 8.26. The Morgan fingerprint density at radius 1 is 1.00 bits per heavy atom. The van der Waals surface area contributed by atoms with Gasteiger partial charge in [-0.15, -0.1) is 0 Å². The highest BCUT2D eigenvalue weighted by molar-refractivity contribution is 5.98. The van der Waals surface area contributed by atoms with Crippen LogP contribution >= 0.6 is 0 Å². The van der Waals surface area contributed by atoms with Crippen LogP contribution in [0.3, 0.4) is 0 Å². The van der Waals surface area contributed by atoms with Gasteiger partial charge in [0, 0.05) is 31.5 Å². The summed E-state index contributed by atoms with van der Waals surface area (Å²) in [7, 11) is 0. The van der Waals surface area contributed by atoms with Crippen LogP contribution < -0.4 is 10.2 Å². The van der Waals surface area contributed by atoms with Crippen molar-refractivity contribution in [3.8, 4) is 11.3 Å². The highest BCUT2D eigenvalue weighted by atomic mass is 16.5. The number of aromatic nitrogens is 3. The van der Waals surface area contributed by atoms with E-state index in [4.69, 9.17) is 9.51 Å². The van der Waals surface area contributed by atoms with E-state index in [9.17, 15) is 4.79 Å². The van der Waals surface area contributed by atoms with Crippen molar-refractivity contribution in [2.75, 3.05) is 18.0 Å². The first-order valence-corrected chi connectivity index (χ1v) is 12.0. The number of aryl methyl sites for hydroxylation is 1. The lowest BCUT2D eigenvalue weighted by Crippen LogP contribution is -2.31. The Hall–Kier alpha value is -3.74. The molecule has 1 atom stereocenters. The molecule has 2 aromatic heterocycles. The van der Waals surface area contributed by atoms with Crippen LogP contribution in [0.15, 0.2) is 65.2 Å². The molecule has 7 heteroatoms. The van der Waals surface area contributed by atoms with Crippen LogP contribution in [0.4, 0.5) is 5.82 Å². The molecule has 0 spiro atoms. The molecule has 1 N–H and O–H groups in total. The van der Waals surface area contributed by atoms with Gasteiger partial charge in [-0.1, -0.05) is 65.8 Å². The smallest absolute Gasteiger partial charge is 0.263 e. The fourth-order valence-corrected chi connectivity index (χ4v) is 4.48. The van der Waals surface area contributed by atoms with Gasteiger partial charge in [0.05, 0.1) is 6.04 Å². The van der Waals surface area contributed by atoms with E-state index in [1.807, 2.05) is 67.6 Å². The molecule has 2 aromatic carbocycles. The van der Waals surface area contributed by atoms with Gasteiger partial charge < -0.3 is 14.7 Å². The van der Waals surface area contributed by atoms with Gasteiger partial charge in [-0.3, -0.25) is 4.79 Å². The van der Waals surface area contributed by atoms with Gasteiger partial charge in [0.25, 0.3) is 5.71 Å². The Labute approximate surface area is 199 Å². The fraction of sp³-hybridized carbons (Fsp3) is 0.333. The molecule has 5 rings (SSSR count).